The summed E-state index contributed by atoms with van der Waals surface area (Å²) in [7, 11) is 0. The zero-order valence-electron chi connectivity index (χ0n) is 23.3. The molecular formula is C33H37FN2O5. The summed E-state index contributed by atoms with van der Waals surface area (Å²) >= 11 is 0. The lowest BCUT2D eigenvalue weighted by atomic mass is 9.89. The van der Waals surface area contributed by atoms with Crippen molar-refractivity contribution < 1.29 is 29.3 Å². The number of carboxylic acid groups (broad SMARTS) is 1. The van der Waals surface area contributed by atoms with Crippen LogP contribution < -0.4 is 5.32 Å². The van der Waals surface area contributed by atoms with E-state index >= 15 is 0 Å². The number of carboxylic acids is 1. The Balaban J connectivity index is 1.85. The third-order valence-electron chi connectivity index (χ3n) is 7.26. The number of amides is 1. The second-order valence-corrected chi connectivity index (χ2v) is 10.7. The third kappa shape index (κ3) is 7.39. The van der Waals surface area contributed by atoms with Crippen LogP contribution in [0.5, 0.6) is 0 Å². The summed E-state index contributed by atoms with van der Waals surface area (Å²) in [6.07, 6.45) is 2.76. The van der Waals surface area contributed by atoms with E-state index in [1.165, 1.54) is 12.2 Å². The second kappa shape index (κ2) is 13.6. The van der Waals surface area contributed by atoms with Crippen LogP contribution in [0.2, 0.25) is 0 Å². The first-order chi connectivity index (χ1) is 19.7. The van der Waals surface area contributed by atoms with Crippen LogP contribution in [0.3, 0.4) is 0 Å². The summed E-state index contributed by atoms with van der Waals surface area (Å²) in [4.78, 5) is 25.0. The summed E-state index contributed by atoms with van der Waals surface area (Å²) in [6, 6.07) is 18.8. The van der Waals surface area contributed by atoms with Gasteiger partial charge in [-0.2, -0.15) is 0 Å². The molecule has 0 spiro atoms. The highest BCUT2D eigenvalue weighted by atomic mass is 19.1. The Morgan fingerprint density at radius 2 is 1.68 bits per heavy atom. The molecule has 4 N–H and O–H groups in total. The average molecular weight is 561 g/mol. The van der Waals surface area contributed by atoms with Gasteiger partial charge in [0.2, 0.25) is 0 Å². The fourth-order valence-corrected chi connectivity index (χ4v) is 5.52. The first-order valence-corrected chi connectivity index (χ1v) is 14.0. The van der Waals surface area contributed by atoms with Gasteiger partial charge in [0.15, 0.2) is 0 Å². The summed E-state index contributed by atoms with van der Waals surface area (Å²) in [5.74, 6) is -2.02. The van der Waals surface area contributed by atoms with E-state index in [4.69, 9.17) is 5.11 Å². The van der Waals surface area contributed by atoms with E-state index in [1.807, 2.05) is 80.6 Å². The number of carbonyl (C=O) groups excluding carboxylic acids is 1. The zero-order chi connectivity index (χ0) is 29.5. The van der Waals surface area contributed by atoms with Gasteiger partial charge >= 0.3 is 5.97 Å². The number of aromatic nitrogens is 1. The standard InChI is InChI=1S/C33H37FN2O5/c1-21(2)31-30(33(41)35-25-11-7-4-8-12-25)29(22-9-5-3-6-10-22)32(23-13-15-24(34)16-14-23)36(31)18-17-26(37)19-27(38)20-28(39)40/h3-13,15-16,21,23,26-27,37-38H,14,17-20H2,1-2H3,(H,35,41)(H,39,40)/t23?,26-,27-/m1/s1. The number of nitrogens with one attached hydrogen (secondary N) is 1. The van der Waals surface area contributed by atoms with Gasteiger partial charge in [-0.1, -0.05) is 68.5 Å². The van der Waals surface area contributed by atoms with E-state index in [0.29, 0.717) is 24.2 Å². The smallest absolute Gasteiger partial charge is 0.305 e. The van der Waals surface area contributed by atoms with E-state index in [-0.39, 0.29) is 36.4 Å². The number of hydrogen-bond donors (Lipinski definition) is 4. The monoisotopic (exact) mass is 560 g/mol. The van der Waals surface area contributed by atoms with Crippen LogP contribution in [0.25, 0.3) is 11.1 Å². The van der Waals surface area contributed by atoms with Crippen molar-refractivity contribution in [2.75, 3.05) is 5.32 Å². The lowest BCUT2D eigenvalue weighted by molar-refractivity contribution is -0.139. The Hall–Kier alpha value is -4.01. The zero-order valence-corrected chi connectivity index (χ0v) is 23.3. The lowest BCUT2D eigenvalue weighted by Gasteiger charge is -2.23. The molecule has 3 atom stereocenters. The molecule has 41 heavy (non-hydrogen) atoms. The minimum absolute atomic E-state index is 0.0793. The minimum Gasteiger partial charge on any atom is -0.481 e. The summed E-state index contributed by atoms with van der Waals surface area (Å²) in [5.41, 5.74) is 4.42. The first kappa shape index (κ1) is 30.0. The van der Waals surface area contributed by atoms with E-state index in [9.17, 15) is 24.2 Å². The fraction of sp³-hybridized carbons (Fsp3) is 0.333. The SMILES string of the molecule is CC(C)c1c(C(=O)Nc2ccccc2)c(-c2ccccc2)c(C2C=CC(F)=CC2)n1CC[C@@H](O)C[C@@H](O)CC(=O)O. The molecule has 3 aromatic rings. The molecule has 2 aromatic carbocycles. The van der Waals surface area contributed by atoms with Gasteiger partial charge in [0.1, 0.15) is 5.83 Å². The van der Waals surface area contributed by atoms with Gasteiger partial charge in [0, 0.05) is 35.1 Å². The molecule has 1 aromatic heterocycles. The number of aliphatic hydroxyl groups excluding tert-OH is 2. The fourth-order valence-electron chi connectivity index (χ4n) is 5.52. The van der Waals surface area contributed by atoms with Crippen LogP contribution in [0.4, 0.5) is 10.1 Å². The molecular weight excluding hydrogens is 523 g/mol. The van der Waals surface area contributed by atoms with Crippen molar-refractivity contribution in [3.05, 3.63) is 102 Å². The Labute approximate surface area is 239 Å². The number of aliphatic hydroxyl groups is 2. The number of aliphatic carboxylic acids is 1. The van der Waals surface area contributed by atoms with Crippen LogP contribution in [0.15, 0.2) is 84.7 Å². The minimum atomic E-state index is -1.17. The number of allylic oxidation sites excluding steroid dienone is 4. The highest BCUT2D eigenvalue weighted by Crippen LogP contribution is 2.43. The Morgan fingerprint density at radius 1 is 1.02 bits per heavy atom. The summed E-state index contributed by atoms with van der Waals surface area (Å²) in [5, 5.41) is 32.8. The van der Waals surface area contributed by atoms with Gasteiger partial charge in [-0.05, 0) is 55.0 Å². The second-order valence-electron chi connectivity index (χ2n) is 10.7. The van der Waals surface area contributed by atoms with Crippen molar-refractivity contribution in [3.63, 3.8) is 0 Å². The van der Waals surface area contributed by atoms with E-state index in [0.717, 1.165) is 22.5 Å². The number of rotatable bonds is 12. The largest absolute Gasteiger partial charge is 0.481 e. The van der Waals surface area contributed by atoms with Crippen LogP contribution in [-0.4, -0.2) is 44.0 Å². The maximum absolute atomic E-state index is 14.1. The van der Waals surface area contributed by atoms with Crippen LogP contribution in [0, 0.1) is 0 Å². The summed E-state index contributed by atoms with van der Waals surface area (Å²) < 4.78 is 16.1. The van der Waals surface area contributed by atoms with Crippen molar-refractivity contribution in [3.8, 4) is 11.1 Å². The van der Waals surface area contributed by atoms with Crippen LogP contribution in [0.1, 0.15) is 73.1 Å². The van der Waals surface area contributed by atoms with Crippen molar-refractivity contribution in [1.82, 2.24) is 4.57 Å². The Bertz CT molecular complexity index is 1410. The lowest BCUT2D eigenvalue weighted by Crippen LogP contribution is -2.23. The molecule has 4 rings (SSSR count). The number of para-hydroxylation sites is 1. The molecule has 7 nitrogen and oxygen atoms in total. The Kier molecular flexibility index (Phi) is 9.91. The molecule has 0 aliphatic heterocycles. The number of halogens is 1. The molecule has 8 heteroatoms. The number of nitrogens with zero attached hydrogens (tertiary/aromatic N) is 1. The number of carbonyl (C=O) groups is 2. The van der Waals surface area contributed by atoms with Crippen molar-refractivity contribution >= 4 is 17.6 Å². The van der Waals surface area contributed by atoms with Crippen LogP contribution in [-0.2, 0) is 11.3 Å². The number of anilines is 1. The molecule has 1 aliphatic rings. The molecule has 0 radical (unpaired) electrons. The van der Waals surface area contributed by atoms with E-state index in [1.54, 1.807) is 0 Å². The number of benzene rings is 2. The quantitative estimate of drug-likeness (QED) is 0.205. The Morgan fingerprint density at radius 3 is 2.27 bits per heavy atom. The van der Waals surface area contributed by atoms with E-state index < -0.39 is 24.6 Å². The topological polar surface area (TPSA) is 112 Å². The molecule has 1 heterocycles. The van der Waals surface area contributed by atoms with Gasteiger partial charge in [0.25, 0.3) is 5.91 Å². The molecule has 0 fully saturated rings. The summed E-state index contributed by atoms with van der Waals surface area (Å²) in [6.45, 7) is 4.33. The molecule has 0 saturated carbocycles. The molecule has 1 aliphatic carbocycles. The predicted molar refractivity (Wildman–Crippen MR) is 158 cm³/mol. The van der Waals surface area contributed by atoms with Gasteiger partial charge < -0.3 is 25.2 Å². The van der Waals surface area contributed by atoms with Crippen molar-refractivity contribution in [2.24, 2.45) is 0 Å². The van der Waals surface area contributed by atoms with Gasteiger partial charge in [-0.15, -0.1) is 0 Å². The first-order valence-electron chi connectivity index (χ1n) is 14.0. The molecule has 0 bridgehead atoms. The maximum atomic E-state index is 14.1. The highest BCUT2D eigenvalue weighted by Gasteiger charge is 2.33. The highest BCUT2D eigenvalue weighted by molar-refractivity contribution is 6.10. The number of hydrogen-bond acceptors (Lipinski definition) is 4. The third-order valence-corrected chi connectivity index (χ3v) is 7.26. The van der Waals surface area contributed by atoms with E-state index in [2.05, 4.69) is 9.88 Å². The average Bonchev–Trinajstić information content (AvgIpc) is 3.28. The molecule has 216 valence electrons. The van der Waals surface area contributed by atoms with Gasteiger partial charge in [0.05, 0.1) is 24.2 Å². The van der Waals surface area contributed by atoms with Crippen molar-refractivity contribution in [2.45, 2.75) is 70.1 Å². The van der Waals surface area contributed by atoms with Crippen molar-refractivity contribution in [1.29, 1.82) is 0 Å². The maximum Gasteiger partial charge on any atom is 0.305 e. The molecule has 1 amide bonds. The molecule has 0 saturated heterocycles. The van der Waals surface area contributed by atoms with Gasteiger partial charge in [-0.25, -0.2) is 4.39 Å². The van der Waals surface area contributed by atoms with Gasteiger partial charge in [-0.3, -0.25) is 9.59 Å². The van der Waals surface area contributed by atoms with Crippen LogP contribution >= 0.6 is 0 Å². The predicted octanol–water partition coefficient (Wildman–Crippen LogP) is 6.40. The normalized spacial score (nSPS) is 16.3. The molecule has 1 unspecified atom stereocenters.